The van der Waals surface area contributed by atoms with E-state index < -0.39 is 0 Å². The van der Waals surface area contributed by atoms with Crippen LogP contribution in [0.5, 0.6) is 5.75 Å². The fraction of sp³-hybridized carbons (Fsp3) is 0.400. The molecule has 0 aromatic heterocycles. The molecule has 0 saturated carbocycles. The van der Waals surface area contributed by atoms with Crippen molar-refractivity contribution in [3.63, 3.8) is 0 Å². The standard InChI is InChI=1S/C8H9ClO.C2H6/c1-6-4-3-5-7(9)8(6)10-2;1-2/h3-5H,1-2H3;1-2H3. The molecule has 0 saturated heterocycles. The smallest absolute Gasteiger partial charge is 0.140 e. The first kappa shape index (κ1) is 11.3. The summed E-state index contributed by atoms with van der Waals surface area (Å²) in [5.41, 5.74) is 1.06. The van der Waals surface area contributed by atoms with E-state index in [2.05, 4.69) is 0 Å². The van der Waals surface area contributed by atoms with E-state index in [0.717, 1.165) is 11.3 Å². The molecule has 1 nitrogen and oxygen atoms in total. The first-order valence-electron chi connectivity index (χ1n) is 4.05. The molecule has 0 N–H and O–H groups in total. The number of rotatable bonds is 1. The summed E-state index contributed by atoms with van der Waals surface area (Å²) < 4.78 is 5.04. The Morgan fingerprint density at radius 2 is 1.83 bits per heavy atom. The van der Waals surface area contributed by atoms with Crippen molar-refractivity contribution in [3.8, 4) is 5.75 Å². The Labute approximate surface area is 79.3 Å². The molecule has 0 atom stereocenters. The molecule has 1 aromatic rings. The van der Waals surface area contributed by atoms with Crippen LogP contribution in [0.25, 0.3) is 0 Å². The lowest BCUT2D eigenvalue weighted by Gasteiger charge is -2.04. The van der Waals surface area contributed by atoms with E-state index in [1.165, 1.54) is 0 Å². The maximum absolute atomic E-state index is 5.80. The largest absolute Gasteiger partial charge is 0.495 e. The molecule has 1 aromatic carbocycles. The zero-order chi connectivity index (χ0) is 9.56. The second-order valence-electron chi connectivity index (χ2n) is 2.09. The summed E-state index contributed by atoms with van der Waals surface area (Å²) in [4.78, 5) is 0. The molecule has 0 aliphatic heterocycles. The van der Waals surface area contributed by atoms with E-state index in [0.29, 0.717) is 5.02 Å². The zero-order valence-corrected chi connectivity index (χ0v) is 8.77. The molecule has 0 unspecified atom stereocenters. The van der Waals surface area contributed by atoms with Crippen LogP contribution in [0, 0.1) is 6.92 Å². The van der Waals surface area contributed by atoms with Crippen LogP contribution in [0.1, 0.15) is 19.4 Å². The Morgan fingerprint density at radius 1 is 1.25 bits per heavy atom. The number of benzene rings is 1. The van der Waals surface area contributed by atoms with Crippen molar-refractivity contribution < 1.29 is 4.74 Å². The number of para-hydroxylation sites is 1. The molecular formula is C10H15ClO. The quantitative estimate of drug-likeness (QED) is 0.650. The number of hydrogen-bond donors (Lipinski definition) is 0. The molecule has 0 aliphatic rings. The van der Waals surface area contributed by atoms with Gasteiger partial charge in [0.2, 0.25) is 0 Å². The van der Waals surface area contributed by atoms with Crippen molar-refractivity contribution in [1.29, 1.82) is 0 Å². The number of halogens is 1. The van der Waals surface area contributed by atoms with Gasteiger partial charge < -0.3 is 4.74 Å². The molecule has 2 heteroatoms. The second kappa shape index (κ2) is 5.90. The average molecular weight is 187 g/mol. The number of hydrogen-bond acceptors (Lipinski definition) is 1. The van der Waals surface area contributed by atoms with Gasteiger partial charge >= 0.3 is 0 Å². The molecule has 0 amide bonds. The number of aryl methyl sites for hydroxylation is 1. The first-order chi connectivity index (χ1) is 5.75. The molecule has 0 bridgehead atoms. The van der Waals surface area contributed by atoms with Crippen molar-refractivity contribution in [2.24, 2.45) is 0 Å². The number of ether oxygens (including phenoxy) is 1. The van der Waals surface area contributed by atoms with E-state index in [1.807, 2.05) is 39.0 Å². The first-order valence-corrected chi connectivity index (χ1v) is 4.42. The average Bonchev–Trinajstić information content (AvgIpc) is 2.08. The van der Waals surface area contributed by atoms with Gasteiger partial charge in [-0.25, -0.2) is 0 Å². The molecule has 0 spiro atoms. The summed E-state index contributed by atoms with van der Waals surface area (Å²) in [6, 6.07) is 5.68. The molecule has 12 heavy (non-hydrogen) atoms. The van der Waals surface area contributed by atoms with E-state index >= 15 is 0 Å². The van der Waals surface area contributed by atoms with Gasteiger partial charge in [0.1, 0.15) is 5.75 Å². The minimum Gasteiger partial charge on any atom is -0.495 e. The van der Waals surface area contributed by atoms with Crippen LogP contribution in [0.15, 0.2) is 18.2 Å². The third-order valence-electron chi connectivity index (χ3n) is 1.37. The van der Waals surface area contributed by atoms with Gasteiger partial charge in [0, 0.05) is 0 Å². The minimum absolute atomic E-state index is 0.669. The van der Waals surface area contributed by atoms with Crippen LogP contribution in [0.4, 0.5) is 0 Å². The van der Waals surface area contributed by atoms with Crippen LogP contribution >= 0.6 is 11.6 Å². The predicted octanol–water partition coefficient (Wildman–Crippen LogP) is 3.68. The third-order valence-corrected chi connectivity index (χ3v) is 1.67. The Bertz CT molecular complexity index is 213. The van der Waals surface area contributed by atoms with Gasteiger partial charge in [-0.15, -0.1) is 0 Å². The van der Waals surface area contributed by atoms with Gasteiger partial charge in [-0.2, -0.15) is 0 Å². The molecule has 68 valence electrons. The van der Waals surface area contributed by atoms with Crippen LogP contribution in [-0.4, -0.2) is 7.11 Å². The van der Waals surface area contributed by atoms with Crippen LogP contribution in [0.3, 0.4) is 0 Å². The Morgan fingerprint density at radius 3 is 2.17 bits per heavy atom. The van der Waals surface area contributed by atoms with Gasteiger partial charge in [-0.05, 0) is 18.6 Å². The lowest BCUT2D eigenvalue weighted by molar-refractivity contribution is 0.412. The topological polar surface area (TPSA) is 9.23 Å². The molecule has 0 fully saturated rings. The second-order valence-corrected chi connectivity index (χ2v) is 2.50. The Balaban J connectivity index is 0.000000561. The molecular weight excluding hydrogens is 172 g/mol. The fourth-order valence-electron chi connectivity index (χ4n) is 0.875. The summed E-state index contributed by atoms with van der Waals surface area (Å²) >= 11 is 5.80. The highest BCUT2D eigenvalue weighted by Gasteiger charge is 2.00. The molecule has 0 radical (unpaired) electrons. The van der Waals surface area contributed by atoms with Gasteiger partial charge in [-0.3, -0.25) is 0 Å². The molecule has 0 heterocycles. The van der Waals surface area contributed by atoms with E-state index in [4.69, 9.17) is 16.3 Å². The fourth-order valence-corrected chi connectivity index (χ4v) is 1.17. The number of methoxy groups -OCH3 is 1. The van der Waals surface area contributed by atoms with Crippen molar-refractivity contribution in [3.05, 3.63) is 28.8 Å². The van der Waals surface area contributed by atoms with Crippen LogP contribution in [0.2, 0.25) is 5.02 Å². The normalized spacial score (nSPS) is 8.42. The summed E-state index contributed by atoms with van der Waals surface area (Å²) in [5, 5.41) is 0.669. The third kappa shape index (κ3) is 2.74. The predicted molar refractivity (Wildman–Crippen MR) is 54.1 cm³/mol. The zero-order valence-electron chi connectivity index (χ0n) is 8.02. The molecule has 0 aliphatic carbocycles. The van der Waals surface area contributed by atoms with E-state index in [1.54, 1.807) is 7.11 Å². The Hall–Kier alpha value is -0.690. The van der Waals surface area contributed by atoms with Crippen molar-refractivity contribution in [2.75, 3.05) is 7.11 Å². The van der Waals surface area contributed by atoms with Crippen LogP contribution in [-0.2, 0) is 0 Å². The highest BCUT2D eigenvalue weighted by atomic mass is 35.5. The van der Waals surface area contributed by atoms with Gasteiger partial charge in [0.15, 0.2) is 0 Å². The summed E-state index contributed by atoms with van der Waals surface area (Å²) in [5.74, 6) is 0.768. The monoisotopic (exact) mass is 186 g/mol. The van der Waals surface area contributed by atoms with Crippen molar-refractivity contribution in [1.82, 2.24) is 0 Å². The highest BCUT2D eigenvalue weighted by molar-refractivity contribution is 6.32. The van der Waals surface area contributed by atoms with E-state index in [9.17, 15) is 0 Å². The lowest BCUT2D eigenvalue weighted by atomic mass is 10.2. The maximum Gasteiger partial charge on any atom is 0.140 e. The Kier molecular flexibility index (Phi) is 5.56. The minimum atomic E-state index is 0.669. The van der Waals surface area contributed by atoms with Gasteiger partial charge in [0.05, 0.1) is 12.1 Å². The highest BCUT2D eigenvalue weighted by Crippen LogP contribution is 2.26. The summed E-state index contributed by atoms with van der Waals surface area (Å²) in [7, 11) is 1.62. The van der Waals surface area contributed by atoms with Crippen LogP contribution < -0.4 is 4.74 Å². The van der Waals surface area contributed by atoms with E-state index in [-0.39, 0.29) is 0 Å². The molecule has 1 rings (SSSR count). The van der Waals surface area contributed by atoms with Gasteiger partial charge in [-0.1, -0.05) is 37.6 Å². The van der Waals surface area contributed by atoms with Gasteiger partial charge in [0.25, 0.3) is 0 Å². The summed E-state index contributed by atoms with van der Waals surface area (Å²) in [6.07, 6.45) is 0. The maximum atomic E-state index is 5.80. The summed E-state index contributed by atoms with van der Waals surface area (Å²) in [6.45, 7) is 5.96. The van der Waals surface area contributed by atoms with Crippen molar-refractivity contribution in [2.45, 2.75) is 20.8 Å². The SMILES string of the molecule is CC.COc1c(C)cccc1Cl. The van der Waals surface area contributed by atoms with Crippen molar-refractivity contribution >= 4 is 11.6 Å². The lowest BCUT2D eigenvalue weighted by Crippen LogP contribution is -1.86.